The van der Waals surface area contributed by atoms with Gasteiger partial charge in [-0.25, -0.2) is 15.0 Å². The molecule has 1 atom stereocenters. The summed E-state index contributed by atoms with van der Waals surface area (Å²) in [5.41, 5.74) is 3.03. The van der Waals surface area contributed by atoms with Gasteiger partial charge in [-0.15, -0.1) is 11.3 Å². The van der Waals surface area contributed by atoms with Crippen molar-refractivity contribution < 1.29 is 5.11 Å². The number of nitrogens with zero attached hydrogens (tertiary/aromatic N) is 6. The van der Waals surface area contributed by atoms with E-state index in [2.05, 4.69) is 27.5 Å². The van der Waals surface area contributed by atoms with Crippen LogP contribution in [0.15, 0.2) is 55.0 Å². The third kappa shape index (κ3) is 4.01. The number of hydrogen-bond acceptors (Lipinski definition) is 7. The van der Waals surface area contributed by atoms with Crippen molar-refractivity contribution in [2.45, 2.75) is 19.4 Å². The van der Waals surface area contributed by atoms with Crippen molar-refractivity contribution in [1.29, 1.82) is 0 Å². The first-order valence-corrected chi connectivity index (χ1v) is 11.6. The van der Waals surface area contributed by atoms with Crippen molar-refractivity contribution in [3.63, 3.8) is 0 Å². The number of aliphatic hydroxyl groups excluding tert-OH is 1. The fraction of sp³-hybridized carbons (Fsp3) is 0.250. The Morgan fingerprint density at radius 2 is 1.91 bits per heavy atom. The molecule has 33 heavy (non-hydrogen) atoms. The molecule has 0 aliphatic carbocycles. The minimum absolute atomic E-state index is 0.0316. The Labute approximate surface area is 195 Å². The number of benzene rings is 1. The monoisotopic (exact) mass is 459 g/mol. The number of anilines is 1. The van der Waals surface area contributed by atoms with Crippen molar-refractivity contribution >= 4 is 27.4 Å². The minimum Gasteiger partial charge on any atom is -0.396 e. The van der Waals surface area contributed by atoms with Gasteiger partial charge in [-0.2, -0.15) is 5.10 Å². The van der Waals surface area contributed by atoms with E-state index in [0.29, 0.717) is 18.1 Å². The first kappa shape index (κ1) is 21.3. The SMILES string of the molecule is CC(CCO)Nc1nc(-c2nccn2C)nc2sc(-c3ccn(C)n3)c(-c3ccccc3)c12. The van der Waals surface area contributed by atoms with Gasteiger partial charge < -0.3 is 15.0 Å². The zero-order valence-electron chi connectivity index (χ0n) is 18.7. The van der Waals surface area contributed by atoms with Gasteiger partial charge in [0.1, 0.15) is 16.3 Å². The number of aromatic nitrogens is 6. The summed E-state index contributed by atoms with van der Waals surface area (Å²) in [5, 5.41) is 18.6. The molecule has 5 rings (SSSR count). The fourth-order valence-corrected chi connectivity index (χ4v) is 5.04. The molecular weight excluding hydrogens is 434 g/mol. The highest BCUT2D eigenvalue weighted by Crippen LogP contribution is 2.46. The maximum Gasteiger partial charge on any atom is 0.199 e. The Balaban J connectivity index is 1.82. The normalized spacial score (nSPS) is 12.4. The van der Waals surface area contributed by atoms with Crippen LogP contribution in [-0.4, -0.2) is 47.1 Å². The molecule has 1 unspecified atom stereocenters. The Morgan fingerprint density at radius 3 is 2.58 bits per heavy atom. The second-order valence-electron chi connectivity index (χ2n) is 8.04. The first-order valence-electron chi connectivity index (χ1n) is 10.8. The molecule has 0 bridgehead atoms. The fourth-order valence-electron chi connectivity index (χ4n) is 3.88. The van der Waals surface area contributed by atoms with E-state index in [1.807, 2.05) is 66.9 Å². The van der Waals surface area contributed by atoms with E-state index in [-0.39, 0.29) is 12.6 Å². The van der Waals surface area contributed by atoms with Crippen molar-refractivity contribution in [2.24, 2.45) is 14.1 Å². The number of thiophene rings is 1. The van der Waals surface area contributed by atoms with Crippen LogP contribution >= 0.6 is 11.3 Å². The van der Waals surface area contributed by atoms with Gasteiger partial charge in [-0.05, 0) is 25.0 Å². The van der Waals surface area contributed by atoms with Crippen LogP contribution in [-0.2, 0) is 14.1 Å². The highest BCUT2D eigenvalue weighted by atomic mass is 32.1. The lowest BCUT2D eigenvalue weighted by atomic mass is 10.0. The molecule has 2 N–H and O–H groups in total. The summed E-state index contributed by atoms with van der Waals surface area (Å²) in [5.74, 6) is 1.99. The van der Waals surface area contributed by atoms with E-state index in [9.17, 15) is 5.11 Å². The van der Waals surface area contributed by atoms with Crippen LogP contribution in [0, 0.1) is 0 Å². The van der Waals surface area contributed by atoms with Crippen LogP contribution in [0.1, 0.15) is 13.3 Å². The molecule has 0 saturated carbocycles. The van der Waals surface area contributed by atoms with E-state index in [1.165, 1.54) is 0 Å². The van der Waals surface area contributed by atoms with Gasteiger partial charge in [-0.3, -0.25) is 4.68 Å². The predicted molar refractivity (Wildman–Crippen MR) is 132 cm³/mol. The quantitative estimate of drug-likeness (QED) is 0.376. The summed E-state index contributed by atoms with van der Waals surface area (Å²) in [6, 6.07) is 12.3. The van der Waals surface area contributed by atoms with Gasteiger partial charge in [0.2, 0.25) is 0 Å². The van der Waals surface area contributed by atoms with E-state index >= 15 is 0 Å². The maximum atomic E-state index is 9.46. The van der Waals surface area contributed by atoms with Gasteiger partial charge in [-0.1, -0.05) is 30.3 Å². The topological polar surface area (TPSA) is 93.7 Å². The Kier molecular flexibility index (Phi) is 5.65. The molecule has 0 saturated heterocycles. The van der Waals surface area contributed by atoms with Crippen LogP contribution < -0.4 is 5.32 Å². The lowest BCUT2D eigenvalue weighted by Gasteiger charge is -2.16. The number of imidazole rings is 1. The van der Waals surface area contributed by atoms with Gasteiger partial charge in [0.05, 0.1) is 10.3 Å². The lowest BCUT2D eigenvalue weighted by molar-refractivity contribution is 0.282. The number of hydrogen-bond donors (Lipinski definition) is 2. The largest absolute Gasteiger partial charge is 0.396 e. The van der Waals surface area contributed by atoms with Gasteiger partial charge >= 0.3 is 0 Å². The van der Waals surface area contributed by atoms with Crippen LogP contribution in [0.3, 0.4) is 0 Å². The first-order chi connectivity index (χ1) is 16.0. The van der Waals surface area contributed by atoms with Crippen molar-refractivity contribution in [3.05, 3.63) is 55.0 Å². The minimum atomic E-state index is 0.0316. The molecule has 168 valence electrons. The Hall–Kier alpha value is -3.56. The van der Waals surface area contributed by atoms with Crippen LogP contribution in [0.25, 0.3) is 43.6 Å². The molecule has 0 radical (unpaired) electrons. The van der Waals surface area contributed by atoms with Crippen molar-refractivity contribution in [2.75, 3.05) is 11.9 Å². The molecule has 0 aliphatic heterocycles. The van der Waals surface area contributed by atoms with E-state index < -0.39 is 0 Å². The average molecular weight is 460 g/mol. The van der Waals surface area contributed by atoms with E-state index in [0.717, 1.165) is 37.7 Å². The summed E-state index contributed by atoms with van der Waals surface area (Å²) >= 11 is 1.60. The average Bonchev–Trinajstić information content (AvgIpc) is 3.52. The molecule has 9 heteroatoms. The maximum absolute atomic E-state index is 9.46. The molecule has 4 heterocycles. The molecule has 0 aliphatic rings. The van der Waals surface area contributed by atoms with Crippen LogP contribution in [0.5, 0.6) is 0 Å². The Morgan fingerprint density at radius 1 is 1.09 bits per heavy atom. The van der Waals surface area contributed by atoms with E-state index in [4.69, 9.17) is 9.97 Å². The predicted octanol–water partition coefficient (Wildman–Crippen LogP) is 4.34. The van der Waals surface area contributed by atoms with Gasteiger partial charge in [0.15, 0.2) is 11.6 Å². The molecule has 5 aromatic rings. The Bertz CT molecular complexity index is 1400. The molecule has 1 aromatic carbocycles. The molecular formula is C24H25N7OS. The summed E-state index contributed by atoms with van der Waals surface area (Å²) in [6.45, 7) is 2.14. The van der Waals surface area contributed by atoms with Gasteiger partial charge in [0, 0.05) is 50.9 Å². The molecule has 0 fully saturated rings. The van der Waals surface area contributed by atoms with Crippen LogP contribution in [0.2, 0.25) is 0 Å². The van der Waals surface area contributed by atoms with Crippen molar-refractivity contribution in [1.82, 2.24) is 29.3 Å². The number of aryl methyl sites for hydroxylation is 2. The standard InChI is InChI=1S/C24H25N7OS/c1-15(10-14-32)26-21-19-18(16-7-5-4-6-8-16)20(17-9-12-31(3)29-17)33-24(19)28-22(27-21)23-25-11-13-30(23)2/h4-9,11-13,15,32H,10,14H2,1-3H3,(H,26,27,28). The summed E-state index contributed by atoms with van der Waals surface area (Å²) in [7, 11) is 3.85. The van der Waals surface area contributed by atoms with E-state index in [1.54, 1.807) is 17.5 Å². The lowest BCUT2D eigenvalue weighted by Crippen LogP contribution is -2.18. The zero-order valence-corrected chi connectivity index (χ0v) is 19.5. The zero-order chi connectivity index (χ0) is 22.9. The van der Waals surface area contributed by atoms with Crippen molar-refractivity contribution in [3.8, 4) is 33.3 Å². The molecule has 0 amide bonds. The third-order valence-corrected chi connectivity index (χ3v) is 6.63. The van der Waals surface area contributed by atoms with Gasteiger partial charge in [0.25, 0.3) is 0 Å². The summed E-state index contributed by atoms with van der Waals surface area (Å²) < 4.78 is 3.72. The molecule has 4 aromatic heterocycles. The smallest absolute Gasteiger partial charge is 0.199 e. The molecule has 0 spiro atoms. The summed E-state index contributed by atoms with van der Waals surface area (Å²) in [6.07, 6.45) is 6.18. The summed E-state index contributed by atoms with van der Waals surface area (Å²) in [4.78, 5) is 16.2. The molecule has 8 nitrogen and oxygen atoms in total. The number of fused-ring (bicyclic) bond motifs is 1. The second-order valence-corrected chi connectivity index (χ2v) is 9.04. The highest BCUT2D eigenvalue weighted by Gasteiger charge is 2.24. The second kappa shape index (κ2) is 8.76. The van der Waals surface area contributed by atoms with Crippen LogP contribution in [0.4, 0.5) is 5.82 Å². The highest BCUT2D eigenvalue weighted by molar-refractivity contribution is 7.22. The number of nitrogens with one attached hydrogen (secondary N) is 1. The third-order valence-electron chi connectivity index (χ3n) is 5.53. The number of aliphatic hydroxyl groups is 1. The number of rotatable bonds is 7.